The molecule has 0 aliphatic carbocycles. The molecule has 26 heavy (non-hydrogen) atoms. The van der Waals surface area contributed by atoms with Crippen LogP contribution >= 0.6 is 0 Å². The van der Waals surface area contributed by atoms with Crippen LogP contribution in [0, 0.1) is 0 Å². The fraction of sp³-hybridized carbons (Fsp3) is 0.474. The summed E-state index contributed by atoms with van der Waals surface area (Å²) in [7, 11) is 0. The molecule has 2 aliphatic heterocycles. The Labute approximate surface area is 153 Å². The van der Waals surface area contributed by atoms with Crippen LogP contribution in [0.15, 0.2) is 24.3 Å². The minimum absolute atomic E-state index is 0.159. The molecule has 0 radical (unpaired) electrons. The minimum Gasteiger partial charge on any atom is -0.372 e. The molecule has 4 rings (SSSR count). The topological polar surface area (TPSA) is 82.3 Å². The van der Waals surface area contributed by atoms with E-state index in [9.17, 15) is 4.79 Å². The Balaban J connectivity index is 1.57. The Bertz CT molecular complexity index is 793. The first-order chi connectivity index (χ1) is 12.6. The summed E-state index contributed by atoms with van der Waals surface area (Å²) in [4.78, 5) is 15.1. The van der Waals surface area contributed by atoms with Crippen molar-refractivity contribution in [1.82, 2.24) is 15.5 Å². The van der Waals surface area contributed by atoms with E-state index >= 15 is 0 Å². The summed E-state index contributed by atoms with van der Waals surface area (Å²) in [6, 6.07) is 7.92. The number of morpholine rings is 1. The lowest BCUT2D eigenvalue weighted by molar-refractivity contribution is -0.00517. The maximum Gasteiger partial charge on any atom is 0.276 e. The number of amides is 1. The van der Waals surface area contributed by atoms with Gasteiger partial charge in [-0.3, -0.25) is 9.89 Å². The van der Waals surface area contributed by atoms with Gasteiger partial charge in [0, 0.05) is 43.9 Å². The highest BCUT2D eigenvalue weighted by molar-refractivity contribution is 6.05. The zero-order valence-corrected chi connectivity index (χ0v) is 15.2. The number of nitrogens with zero attached hydrogens (tertiary/aromatic N) is 2. The highest BCUT2D eigenvalue weighted by Gasteiger charge is 2.26. The van der Waals surface area contributed by atoms with Crippen molar-refractivity contribution < 1.29 is 9.53 Å². The van der Waals surface area contributed by atoms with E-state index < -0.39 is 0 Å². The summed E-state index contributed by atoms with van der Waals surface area (Å²) in [5.74, 6) is -0.173. The SMILES string of the molecule is CC1CN(c2ccccc2NC(=O)c2n[nH]c3c2CNCC3)CC(C)O1. The molecule has 2 atom stereocenters. The number of hydrogen-bond donors (Lipinski definition) is 3. The normalized spacial score (nSPS) is 22.8. The van der Waals surface area contributed by atoms with Gasteiger partial charge in [-0.25, -0.2) is 0 Å². The van der Waals surface area contributed by atoms with Gasteiger partial charge in [-0.2, -0.15) is 5.10 Å². The molecule has 0 spiro atoms. The molecule has 3 heterocycles. The molecule has 1 aromatic heterocycles. The van der Waals surface area contributed by atoms with E-state index in [0.29, 0.717) is 12.2 Å². The van der Waals surface area contributed by atoms with Gasteiger partial charge in [-0.05, 0) is 26.0 Å². The van der Waals surface area contributed by atoms with Crippen LogP contribution in [0.25, 0.3) is 0 Å². The monoisotopic (exact) mass is 355 g/mol. The number of H-pyrrole nitrogens is 1. The third kappa shape index (κ3) is 3.32. The van der Waals surface area contributed by atoms with Crippen molar-refractivity contribution in [2.75, 3.05) is 29.9 Å². The van der Waals surface area contributed by atoms with Crippen molar-refractivity contribution in [3.8, 4) is 0 Å². The van der Waals surface area contributed by atoms with Crippen LogP contribution in [-0.4, -0.2) is 47.9 Å². The number of ether oxygens (including phenoxy) is 1. The molecule has 1 amide bonds. The lowest BCUT2D eigenvalue weighted by Gasteiger charge is -2.37. The third-order valence-corrected chi connectivity index (χ3v) is 4.93. The van der Waals surface area contributed by atoms with Gasteiger partial charge in [-0.1, -0.05) is 12.1 Å². The summed E-state index contributed by atoms with van der Waals surface area (Å²) in [6.07, 6.45) is 1.19. The summed E-state index contributed by atoms with van der Waals surface area (Å²) in [6.45, 7) is 7.35. The first-order valence-corrected chi connectivity index (χ1v) is 9.19. The van der Waals surface area contributed by atoms with Crippen LogP contribution in [0.1, 0.15) is 35.6 Å². The van der Waals surface area contributed by atoms with Gasteiger partial charge < -0.3 is 20.3 Å². The number of aromatic nitrogens is 2. The highest BCUT2D eigenvalue weighted by atomic mass is 16.5. The zero-order valence-electron chi connectivity index (χ0n) is 15.2. The van der Waals surface area contributed by atoms with Crippen molar-refractivity contribution >= 4 is 17.3 Å². The molecule has 2 aromatic rings. The van der Waals surface area contributed by atoms with Crippen molar-refractivity contribution in [2.24, 2.45) is 0 Å². The average molecular weight is 355 g/mol. The molecule has 0 bridgehead atoms. The molecule has 2 unspecified atom stereocenters. The lowest BCUT2D eigenvalue weighted by Crippen LogP contribution is -2.45. The molecule has 1 fully saturated rings. The van der Waals surface area contributed by atoms with Crippen LogP contribution in [-0.2, 0) is 17.7 Å². The number of aromatic amines is 1. The number of hydrogen-bond acceptors (Lipinski definition) is 5. The first-order valence-electron chi connectivity index (χ1n) is 9.19. The Morgan fingerprint density at radius 1 is 1.27 bits per heavy atom. The summed E-state index contributed by atoms with van der Waals surface area (Å²) < 4.78 is 5.83. The average Bonchev–Trinajstić information content (AvgIpc) is 3.05. The second kappa shape index (κ2) is 7.09. The van der Waals surface area contributed by atoms with E-state index in [-0.39, 0.29) is 18.1 Å². The van der Waals surface area contributed by atoms with E-state index in [1.807, 2.05) is 24.3 Å². The standard InChI is InChI=1S/C19H25N5O2/c1-12-10-24(11-13(2)26-12)17-6-4-3-5-16(17)21-19(25)18-14-9-20-8-7-15(14)22-23-18/h3-6,12-13,20H,7-11H2,1-2H3,(H,21,25)(H,22,23). The third-order valence-electron chi connectivity index (χ3n) is 4.93. The van der Waals surface area contributed by atoms with E-state index in [1.54, 1.807) is 0 Å². The molecule has 0 saturated carbocycles. The Morgan fingerprint density at radius 2 is 2.04 bits per heavy atom. The van der Waals surface area contributed by atoms with E-state index in [1.165, 1.54) is 0 Å². The second-order valence-corrected chi connectivity index (χ2v) is 7.09. The van der Waals surface area contributed by atoms with Crippen LogP contribution in [0.4, 0.5) is 11.4 Å². The number of carbonyl (C=O) groups excluding carboxylic acids is 1. The van der Waals surface area contributed by atoms with Crippen LogP contribution < -0.4 is 15.5 Å². The zero-order chi connectivity index (χ0) is 18.1. The smallest absolute Gasteiger partial charge is 0.276 e. The molecular weight excluding hydrogens is 330 g/mol. The largest absolute Gasteiger partial charge is 0.372 e. The highest BCUT2D eigenvalue weighted by Crippen LogP contribution is 2.29. The molecule has 3 N–H and O–H groups in total. The predicted octanol–water partition coefficient (Wildman–Crippen LogP) is 1.92. The van der Waals surface area contributed by atoms with Crippen molar-refractivity contribution in [2.45, 2.75) is 39.0 Å². The van der Waals surface area contributed by atoms with Crippen molar-refractivity contribution in [3.63, 3.8) is 0 Å². The Morgan fingerprint density at radius 3 is 2.85 bits per heavy atom. The van der Waals surface area contributed by atoms with Gasteiger partial charge in [0.1, 0.15) is 0 Å². The van der Waals surface area contributed by atoms with E-state index in [4.69, 9.17) is 4.74 Å². The van der Waals surface area contributed by atoms with Crippen LogP contribution in [0.2, 0.25) is 0 Å². The molecule has 7 heteroatoms. The number of carbonyl (C=O) groups is 1. The molecule has 2 aliphatic rings. The Hall–Kier alpha value is -2.38. The fourth-order valence-electron chi connectivity index (χ4n) is 3.82. The number of benzene rings is 1. The predicted molar refractivity (Wildman–Crippen MR) is 101 cm³/mol. The Kier molecular flexibility index (Phi) is 4.65. The van der Waals surface area contributed by atoms with E-state index in [2.05, 4.69) is 39.6 Å². The van der Waals surface area contributed by atoms with Crippen LogP contribution in [0.3, 0.4) is 0 Å². The number of para-hydroxylation sites is 2. The van der Waals surface area contributed by atoms with Crippen LogP contribution in [0.5, 0.6) is 0 Å². The van der Waals surface area contributed by atoms with Gasteiger partial charge in [0.2, 0.25) is 0 Å². The van der Waals surface area contributed by atoms with Gasteiger partial charge in [0.05, 0.1) is 23.6 Å². The molecule has 138 valence electrons. The van der Waals surface area contributed by atoms with Gasteiger partial charge >= 0.3 is 0 Å². The van der Waals surface area contributed by atoms with Gasteiger partial charge in [0.15, 0.2) is 5.69 Å². The second-order valence-electron chi connectivity index (χ2n) is 7.09. The van der Waals surface area contributed by atoms with E-state index in [0.717, 1.165) is 48.7 Å². The molecule has 1 aromatic carbocycles. The molecule has 1 saturated heterocycles. The maximum absolute atomic E-state index is 12.8. The van der Waals surface area contributed by atoms with Gasteiger partial charge in [-0.15, -0.1) is 0 Å². The summed E-state index contributed by atoms with van der Waals surface area (Å²) >= 11 is 0. The van der Waals surface area contributed by atoms with Crippen molar-refractivity contribution in [1.29, 1.82) is 0 Å². The maximum atomic E-state index is 12.8. The summed E-state index contributed by atoms with van der Waals surface area (Å²) in [5, 5.41) is 13.6. The first kappa shape index (κ1) is 17.1. The number of nitrogens with one attached hydrogen (secondary N) is 3. The quantitative estimate of drug-likeness (QED) is 0.784. The molecule has 7 nitrogen and oxygen atoms in total. The lowest BCUT2D eigenvalue weighted by atomic mass is 10.1. The molecular formula is C19H25N5O2. The summed E-state index contributed by atoms with van der Waals surface area (Å²) in [5.41, 5.74) is 4.33. The minimum atomic E-state index is -0.173. The number of rotatable bonds is 3. The van der Waals surface area contributed by atoms with Crippen molar-refractivity contribution in [3.05, 3.63) is 41.2 Å². The van der Waals surface area contributed by atoms with Gasteiger partial charge in [0.25, 0.3) is 5.91 Å². The number of fused-ring (bicyclic) bond motifs is 1. The fourth-order valence-corrected chi connectivity index (χ4v) is 3.82. The number of anilines is 2.